The Hall–Kier alpha value is -4.29. The Morgan fingerprint density at radius 1 is 1.02 bits per heavy atom. The maximum Gasteiger partial charge on any atom is 0.103 e. The van der Waals surface area contributed by atoms with Crippen LogP contribution in [-0.2, 0) is 0 Å². The standard InChI is InChI=1S/C37H43ClN8/c1-24-11-9-10-14-30(24)25(2)41-34-27(21-39)22-40-36-31(34)19-28(20-32(36)38)42-35(26-12-7-6-8-13-26)33-23-46(44-43-33)29-15-17-45(18-16-29)37(3,4)5/h6-14,19-20,22-23,25,29,35,42-44H,15-18H2,1-5H3,(H,40,41)/t25-,35+/m1/s1. The second kappa shape index (κ2) is 13.2. The predicted molar refractivity (Wildman–Crippen MR) is 188 cm³/mol. The molecule has 0 radical (unpaired) electrons. The molecule has 2 aliphatic rings. The number of benzene rings is 3. The van der Waals surface area contributed by atoms with E-state index in [1.165, 1.54) is 11.1 Å². The van der Waals surface area contributed by atoms with Crippen LogP contribution in [0.15, 0.2) is 84.8 Å². The molecule has 238 valence electrons. The first-order valence-electron chi connectivity index (χ1n) is 16.0. The minimum atomic E-state index is -0.184. The number of nitrogens with one attached hydrogen (secondary N) is 4. The van der Waals surface area contributed by atoms with Crippen LogP contribution in [-0.4, -0.2) is 39.6 Å². The van der Waals surface area contributed by atoms with Crippen molar-refractivity contribution >= 4 is 33.9 Å². The number of aromatic nitrogens is 1. The van der Waals surface area contributed by atoms with Gasteiger partial charge in [-0.2, -0.15) is 5.26 Å². The lowest BCUT2D eigenvalue weighted by molar-refractivity contribution is 0.0570. The summed E-state index contributed by atoms with van der Waals surface area (Å²) in [5.41, 5.74) is 14.2. The van der Waals surface area contributed by atoms with E-state index >= 15 is 0 Å². The molecule has 6 rings (SSSR count). The molecule has 0 unspecified atom stereocenters. The number of nitrogens with zero attached hydrogens (tertiary/aromatic N) is 4. The molecule has 0 amide bonds. The monoisotopic (exact) mass is 634 g/mol. The number of piperidine rings is 1. The summed E-state index contributed by atoms with van der Waals surface area (Å²) in [6.07, 6.45) is 5.96. The van der Waals surface area contributed by atoms with Crippen molar-refractivity contribution in [3.63, 3.8) is 0 Å². The van der Waals surface area contributed by atoms with Crippen LogP contribution >= 0.6 is 11.6 Å². The van der Waals surface area contributed by atoms with E-state index in [0.29, 0.717) is 22.1 Å². The summed E-state index contributed by atoms with van der Waals surface area (Å²) in [6, 6.07) is 25.1. The smallest absolute Gasteiger partial charge is 0.103 e. The predicted octanol–water partition coefficient (Wildman–Crippen LogP) is 7.82. The van der Waals surface area contributed by atoms with Gasteiger partial charge in [-0.3, -0.25) is 14.9 Å². The van der Waals surface area contributed by atoms with Crippen LogP contribution < -0.4 is 21.6 Å². The van der Waals surface area contributed by atoms with Crippen molar-refractivity contribution in [2.24, 2.45) is 0 Å². The number of pyridine rings is 1. The fourth-order valence-electron chi connectivity index (χ4n) is 6.60. The van der Waals surface area contributed by atoms with Crippen molar-refractivity contribution < 1.29 is 0 Å². The highest BCUT2D eigenvalue weighted by molar-refractivity contribution is 6.35. The molecular weight excluding hydrogens is 592 g/mol. The minimum absolute atomic E-state index is 0.0356. The number of aryl methyl sites for hydroxylation is 1. The van der Waals surface area contributed by atoms with Crippen molar-refractivity contribution in [3.05, 3.63) is 112 Å². The molecule has 0 spiro atoms. The number of fused-ring (bicyclic) bond motifs is 1. The summed E-state index contributed by atoms with van der Waals surface area (Å²) < 4.78 is 0. The molecule has 1 saturated heterocycles. The van der Waals surface area contributed by atoms with Gasteiger partial charge in [-0.1, -0.05) is 66.2 Å². The van der Waals surface area contributed by atoms with Crippen LogP contribution in [0.1, 0.15) is 74.9 Å². The third-order valence-electron chi connectivity index (χ3n) is 9.23. The van der Waals surface area contributed by atoms with Crippen LogP contribution in [0, 0.1) is 18.3 Å². The number of likely N-dealkylation sites (tertiary alicyclic amines) is 1. The van der Waals surface area contributed by atoms with E-state index in [-0.39, 0.29) is 17.6 Å². The SMILES string of the molecule is Cc1ccccc1[C@@H](C)Nc1c(C#N)cnc2c(Cl)cc(N[C@H](C3=CN(C4CCN(C(C)(C)C)CC4)NN3)c3ccccc3)cc12. The molecule has 3 aromatic carbocycles. The summed E-state index contributed by atoms with van der Waals surface area (Å²) >= 11 is 6.90. The van der Waals surface area contributed by atoms with Gasteiger partial charge in [0.25, 0.3) is 0 Å². The molecule has 2 aliphatic heterocycles. The zero-order chi connectivity index (χ0) is 32.4. The first-order chi connectivity index (χ1) is 22.1. The van der Waals surface area contributed by atoms with E-state index in [4.69, 9.17) is 11.6 Å². The van der Waals surface area contributed by atoms with E-state index < -0.39 is 0 Å². The van der Waals surface area contributed by atoms with Crippen LogP contribution in [0.3, 0.4) is 0 Å². The fourth-order valence-corrected chi connectivity index (χ4v) is 6.87. The summed E-state index contributed by atoms with van der Waals surface area (Å²) in [7, 11) is 0. The summed E-state index contributed by atoms with van der Waals surface area (Å²) in [6.45, 7) is 13.2. The van der Waals surface area contributed by atoms with Crippen LogP contribution in [0.5, 0.6) is 0 Å². The highest BCUT2D eigenvalue weighted by atomic mass is 35.5. The number of hydrogen-bond acceptors (Lipinski definition) is 8. The second-order valence-electron chi connectivity index (χ2n) is 13.3. The molecule has 1 aromatic heterocycles. The van der Waals surface area contributed by atoms with Gasteiger partial charge >= 0.3 is 0 Å². The molecule has 3 heterocycles. The lowest BCUT2D eigenvalue weighted by Crippen LogP contribution is -2.52. The van der Waals surface area contributed by atoms with Crippen LogP contribution in [0.2, 0.25) is 5.02 Å². The molecule has 1 fully saturated rings. The van der Waals surface area contributed by atoms with Crippen molar-refractivity contribution in [2.75, 3.05) is 23.7 Å². The molecular formula is C37H43ClN8. The van der Waals surface area contributed by atoms with E-state index in [2.05, 4.69) is 120 Å². The molecule has 0 saturated carbocycles. The van der Waals surface area contributed by atoms with E-state index in [9.17, 15) is 5.26 Å². The normalized spacial score (nSPS) is 17.2. The minimum Gasteiger partial charge on any atom is -0.377 e. The number of rotatable bonds is 8. The molecule has 4 aromatic rings. The Balaban J connectivity index is 1.32. The van der Waals surface area contributed by atoms with E-state index in [1.807, 2.05) is 30.3 Å². The maximum absolute atomic E-state index is 10.1. The highest BCUT2D eigenvalue weighted by Gasteiger charge is 2.32. The quantitative estimate of drug-likeness (QED) is 0.156. The van der Waals surface area contributed by atoms with Crippen LogP contribution in [0.25, 0.3) is 10.9 Å². The van der Waals surface area contributed by atoms with Gasteiger partial charge in [0, 0.05) is 54.2 Å². The van der Waals surface area contributed by atoms with Gasteiger partial charge in [0.05, 0.1) is 33.5 Å². The number of anilines is 2. The molecule has 8 nitrogen and oxygen atoms in total. The maximum atomic E-state index is 10.1. The topological polar surface area (TPSA) is 91.3 Å². The summed E-state index contributed by atoms with van der Waals surface area (Å²) in [4.78, 5) is 7.14. The number of halogens is 1. The van der Waals surface area contributed by atoms with Gasteiger partial charge in [0.2, 0.25) is 0 Å². The van der Waals surface area contributed by atoms with Gasteiger partial charge in [0.15, 0.2) is 0 Å². The lowest BCUT2D eigenvalue weighted by Gasteiger charge is -2.42. The number of hydrazine groups is 2. The van der Waals surface area contributed by atoms with Crippen LogP contribution in [0.4, 0.5) is 11.4 Å². The number of hydrogen-bond donors (Lipinski definition) is 4. The average Bonchev–Trinajstić information content (AvgIpc) is 3.54. The van der Waals surface area contributed by atoms with Crippen molar-refractivity contribution in [1.29, 1.82) is 5.26 Å². The second-order valence-corrected chi connectivity index (χ2v) is 13.7. The van der Waals surface area contributed by atoms with Gasteiger partial charge in [-0.05, 0) is 76.3 Å². The lowest BCUT2D eigenvalue weighted by atomic mass is 9.98. The number of nitriles is 1. The Morgan fingerprint density at radius 2 is 1.74 bits per heavy atom. The van der Waals surface area contributed by atoms with Gasteiger partial charge in [-0.15, -0.1) is 5.53 Å². The average molecular weight is 635 g/mol. The Labute approximate surface area is 277 Å². The molecule has 2 atom stereocenters. The van der Waals surface area contributed by atoms with Crippen molar-refractivity contribution in [2.45, 2.75) is 71.1 Å². The first kappa shape index (κ1) is 31.7. The Morgan fingerprint density at radius 3 is 2.43 bits per heavy atom. The molecule has 46 heavy (non-hydrogen) atoms. The molecule has 4 N–H and O–H groups in total. The van der Waals surface area contributed by atoms with Gasteiger partial charge in [0.1, 0.15) is 6.07 Å². The third kappa shape index (κ3) is 6.63. The van der Waals surface area contributed by atoms with Crippen molar-refractivity contribution in [3.8, 4) is 6.07 Å². The van der Waals surface area contributed by atoms with E-state index in [0.717, 1.165) is 54.0 Å². The third-order valence-corrected chi connectivity index (χ3v) is 9.52. The molecule has 0 aliphatic carbocycles. The molecule has 0 bridgehead atoms. The summed E-state index contributed by atoms with van der Waals surface area (Å²) in [5, 5.41) is 21.0. The van der Waals surface area contributed by atoms with Gasteiger partial charge < -0.3 is 16.1 Å². The zero-order valence-electron chi connectivity index (χ0n) is 27.2. The largest absolute Gasteiger partial charge is 0.377 e. The zero-order valence-corrected chi connectivity index (χ0v) is 28.0. The van der Waals surface area contributed by atoms with Crippen molar-refractivity contribution in [1.82, 2.24) is 25.9 Å². The van der Waals surface area contributed by atoms with E-state index in [1.54, 1.807) is 6.20 Å². The highest BCUT2D eigenvalue weighted by Crippen LogP contribution is 2.37. The fraction of sp³-hybridized carbons (Fsp3) is 0.351. The molecule has 9 heteroatoms. The summed E-state index contributed by atoms with van der Waals surface area (Å²) in [5.74, 6) is 0. The van der Waals surface area contributed by atoms with Gasteiger partial charge in [-0.25, -0.2) is 0 Å². The Bertz CT molecular complexity index is 1770. The Kier molecular flexibility index (Phi) is 9.10. The first-order valence-corrected chi connectivity index (χ1v) is 16.4.